The highest BCUT2D eigenvalue weighted by atomic mass is 16.5. The number of rotatable bonds is 12. The van der Waals surface area contributed by atoms with Gasteiger partial charge in [-0.1, -0.05) is 50.6 Å². The maximum atomic E-state index is 11.8. The minimum atomic E-state index is -0.495. The smallest absolute Gasteiger partial charge is 0.308 e. The predicted molar refractivity (Wildman–Crippen MR) is 130 cm³/mol. The van der Waals surface area contributed by atoms with Crippen LogP contribution in [0.3, 0.4) is 0 Å². The summed E-state index contributed by atoms with van der Waals surface area (Å²) >= 11 is 0. The van der Waals surface area contributed by atoms with E-state index < -0.39 is 6.10 Å². The fourth-order valence-corrected chi connectivity index (χ4v) is 4.65. The number of aliphatic hydroxyl groups excluding tert-OH is 1. The topological polar surface area (TPSA) is 65.0 Å². The first kappa shape index (κ1) is 28.6. The van der Waals surface area contributed by atoms with Gasteiger partial charge < -0.3 is 19.3 Å². The largest absolute Gasteiger partial charge is 0.466 e. The van der Waals surface area contributed by atoms with Crippen molar-refractivity contribution in [3.63, 3.8) is 0 Å². The molecule has 0 bridgehead atoms. The van der Waals surface area contributed by atoms with Gasteiger partial charge in [0.1, 0.15) is 0 Å². The molecule has 0 unspecified atom stereocenters. The van der Waals surface area contributed by atoms with E-state index >= 15 is 0 Å². The first-order valence-electron chi connectivity index (χ1n) is 12.1. The SMILES string of the molecule is CCOC(=O)C[C@H]1CC[C@H](C)[C@@H](/C(C)=C/C=C/[C@@H](C)C/C(C)=C/[C@H](C)[C@@H](OC)[C@@H](C)O)O1. The Morgan fingerprint density at radius 3 is 2.50 bits per heavy atom. The summed E-state index contributed by atoms with van der Waals surface area (Å²) in [5.41, 5.74) is 2.49. The van der Waals surface area contributed by atoms with Gasteiger partial charge in [0.15, 0.2) is 0 Å². The molecule has 1 fully saturated rings. The summed E-state index contributed by atoms with van der Waals surface area (Å²) < 4.78 is 16.8. The van der Waals surface area contributed by atoms with Gasteiger partial charge in [-0.2, -0.15) is 0 Å². The third-order valence-electron chi connectivity index (χ3n) is 6.20. The van der Waals surface area contributed by atoms with Crippen LogP contribution >= 0.6 is 0 Å². The Bertz CT molecular complexity index is 648. The van der Waals surface area contributed by atoms with Crippen LogP contribution in [0.1, 0.15) is 74.1 Å². The number of methoxy groups -OCH3 is 1. The van der Waals surface area contributed by atoms with Crippen molar-refractivity contribution in [1.29, 1.82) is 0 Å². The molecule has 184 valence electrons. The molecule has 0 aliphatic carbocycles. The number of ether oxygens (including phenoxy) is 3. The Morgan fingerprint density at radius 2 is 1.91 bits per heavy atom. The van der Waals surface area contributed by atoms with Crippen LogP contribution in [0, 0.1) is 17.8 Å². The number of allylic oxidation sites excluding steroid dienone is 4. The molecule has 0 saturated carbocycles. The average molecular weight is 451 g/mol. The molecule has 0 radical (unpaired) electrons. The van der Waals surface area contributed by atoms with Gasteiger partial charge in [-0.05, 0) is 64.4 Å². The van der Waals surface area contributed by atoms with Crippen molar-refractivity contribution in [3.05, 3.63) is 35.5 Å². The molecule has 1 rings (SSSR count). The highest BCUT2D eigenvalue weighted by molar-refractivity contribution is 5.69. The molecule has 1 aliphatic heterocycles. The third-order valence-corrected chi connectivity index (χ3v) is 6.20. The molecule has 32 heavy (non-hydrogen) atoms. The summed E-state index contributed by atoms with van der Waals surface area (Å²) in [6.45, 7) is 14.8. The fourth-order valence-electron chi connectivity index (χ4n) is 4.65. The highest BCUT2D eigenvalue weighted by Crippen LogP contribution is 2.31. The van der Waals surface area contributed by atoms with Crippen molar-refractivity contribution in [1.82, 2.24) is 0 Å². The second-order valence-electron chi connectivity index (χ2n) is 9.53. The second kappa shape index (κ2) is 14.7. The molecule has 7 atom stereocenters. The molecule has 1 aliphatic rings. The summed E-state index contributed by atoms with van der Waals surface area (Å²) in [6.07, 6.45) is 11.2. The zero-order valence-corrected chi connectivity index (χ0v) is 21.5. The zero-order valence-electron chi connectivity index (χ0n) is 21.5. The van der Waals surface area contributed by atoms with E-state index in [1.807, 2.05) is 6.92 Å². The van der Waals surface area contributed by atoms with E-state index in [9.17, 15) is 9.90 Å². The molecule has 0 aromatic heterocycles. The lowest BCUT2D eigenvalue weighted by Gasteiger charge is -2.35. The van der Waals surface area contributed by atoms with Crippen LogP contribution in [0.25, 0.3) is 0 Å². The van der Waals surface area contributed by atoms with Crippen molar-refractivity contribution < 1.29 is 24.1 Å². The van der Waals surface area contributed by atoms with Gasteiger partial charge in [-0.25, -0.2) is 0 Å². The number of hydrogen-bond acceptors (Lipinski definition) is 5. The number of aliphatic hydroxyl groups is 1. The molecular weight excluding hydrogens is 404 g/mol. The maximum Gasteiger partial charge on any atom is 0.308 e. The van der Waals surface area contributed by atoms with E-state index in [0.717, 1.165) is 19.3 Å². The van der Waals surface area contributed by atoms with E-state index in [0.29, 0.717) is 24.9 Å². The minimum Gasteiger partial charge on any atom is -0.466 e. The minimum absolute atomic E-state index is 0.0389. The van der Waals surface area contributed by atoms with Gasteiger partial charge >= 0.3 is 5.97 Å². The van der Waals surface area contributed by atoms with Crippen molar-refractivity contribution in [2.45, 2.75) is 98.6 Å². The fraction of sp³-hybridized carbons (Fsp3) is 0.741. The average Bonchev–Trinajstić information content (AvgIpc) is 2.69. The van der Waals surface area contributed by atoms with E-state index in [1.54, 1.807) is 14.0 Å². The van der Waals surface area contributed by atoms with E-state index in [1.165, 1.54) is 11.1 Å². The maximum absolute atomic E-state index is 11.8. The van der Waals surface area contributed by atoms with E-state index in [-0.39, 0.29) is 30.2 Å². The van der Waals surface area contributed by atoms with Crippen LogP contribution in [-0.4, -0.2) is 49.2 Å². The highest BCUT2D eigenvalue weighted by Gasteiger charge is 2.30. The lowest BCUT2D eigenvalue weighted by Crippen LogP contribution is -2.36. The van der Waals surface area contributed by atoms with Crippen LogP contribution < -0.4 is 0 Å². The number of carbonyl (C=O) groups excluding carboxylic acids is 1. The van der Waals surface area contributed by atoms with Gasteiger partial charge in [0, 0.05) is 13.0 Å². The quantitative estimate of drug-likeness (QED) is 0.237. The molecule has 0 spiro atoms. The molecule has 5 heteroatoms. The summed E-state index contributed by atoms with van der Waals surface area (Å²) in [4.78, 5) is 11.8. The van der Waals surface area contributed by atoms with E-state index in [2.05, 4.69) is 58.9 Å². The van der Waals surface area contributed by atoms with Gasteiger partial charge in [0.05, 0.1) is 37.4 Å². The summed E-state index contributed by atoms with van der Waals surface area (Å²) in [7, 11) is 1.65. The second-order valence-corrected chi connectivity index (χ2v) is 9.53. The number of esters is 1. The Labute approximate surface area is 195 Å². The van der Waals surface area contributed by atoms with Crippen molar-refractivity contribution in [2.24, 2.45) is 17.8 Å². The molecule has 0 aromatic carbocycles. The lowest BCUT2D eigenvalue weighted by molar-refractivity contribution is -0.149. The van der Waals surface area contributed by atoms with Crippen LogP contribution in [-0.2, 0) is 19.0 Å². The Morgan fingerprint density at radius 1 is 1.22 bits per heavy atom. The Balaban J connectivity index is 2.64. The summed E-state index contributed by atoms with van der Waals surface area (Å²) in [5.74, 6) is 0.816. The summed E-state index contributed by atoms with van der Waals surface area (Å²) in [6, 6.07) is 0. The molecule has 5 nitrogen and oxygen atoms in total. The van der Waals surface area contributed by atoms with Gasteiger partial charge in [-0.3, -0.25) is 4.79 Å². The van der Waals surface area contributed by atoms with Crippen LogP contribution in [0.4, 0.5) is 0 Å². The third kappa shape index (κ3) is 10.0. The van der Waals surface area contributed by atoms with Crippen LogP contribution in [0.5, 0.6) is 0 Å². The molecule has 1 N–H and O–H groups in total. The molecule has 0 amide bonds. The zero-order chi connectivity index (χ0) is 24.3. The number of hydrogen-bond donors (Lipinski definition) is 1. The lowest BCUT2D eigenvalue weighted by atomic mass is 9.88. The first-order valence-corrected chi connectivity index (χ1v) is 12.1. The van der Waals surface area contributed by atoms with Crippen molar-refractivity contribution in [3.8, 4) is 0 Å². The Hall–Kier alpha value is -1.43. The molecule has 0 aromatic rings. The standard InChI is InChI=1S/C27H46O5/c1-9-31-25(29)17-24-14-13-21(5)26(32-24)20(4)12-10-11-18(2)15-19(3)16-22(6)27(30-8)23(7)28/h10-12,16,18,21-24,26-28H,9,13-15,17H2,1-8H3/b11-10+,19-16+,20-12+/t18-,21+,22+,23-,24-,26-,27-/m1/s1. The normalized spacial score (nSPS) is 26.6. The van der Waals surface area contributed by atoms with Gasteiger partial charge in [0.2, 0.25) is 0 Å². The predicted octanol–water partition coefficient (Wildman–Crippen LogP) is 5.63. The van der Waals surface area contributed by atoms with Crippen LogP contribution in [0.2, 0.25) is 0 Å². The molecule has 1 heterocycles. The van der Waals surface area contributed by atoms with Crippen molar-refractivity contribution in [2.75, 3.05) is 13.7 Å². The van der Waals surface area contributed by atoms with Crippen molar-refractivity contribution >= 4 is 5.97 Å². The Kier molecular flexibility index (Phi) is 13.1. The van der Waals surface area contributed by atoms with E-state index in [4.69, 9.17) is 14.2 Å². The summed E-state index contributed by atoms with van der Waals surface area (Å²) in [5, 5.41) is 9.85. The van der Waals surface area contributed by atoms with Crippen LogP contribution in [0.15, 0.2) is 35.5 Å². The number of carbonyl (C=O) groups is 1. The van der Waals surface area contributed by atoms with Gasteiger partial charge in [0.25, 0.3) is 0 Å². The monoisotopic (exact) mass is 450 g/mol. The molecular formula is C27H46O5. The van der Waals surface area contributed by atoms with Gasteiger partial charge in [-0.15, -0.1) is 0 Å². The molecule has 1 saturated heterocycles. The first-order chi connectivity index (χ1) is 15.1.